The number of likely N-dealkylation sites (N-methyl/N-ethyl adjacent to an activating group) is 1. The van der Waals surface area contributed by atoms with Gasteiger partial charge in [-0.05, 0) is 28.8 Å². The monoisotopic (exact) mass is 330 g/mol. The number of amides is 1. The van der Waals surface area contributed by atoms with Crippen LogP contribution in [0.2, 0.25) is 0 Å². The van der Waals surface area contributed by atoms with Crippen LogP contribution in [0.15, 0.2) is 79.0 Å². The second-order valence-corrected chi connectivity index (χ2v) is 6.13. The van der Waals surface area contributed by atoms with Gasteiger partial charge in [-0.25, -0.2) is 0 Å². The lowest BCUT2D eigenvalue weighted by atomic mass is 10.0. The molecule has 3 aromatic rings. The van der Waals surface area contributed by atoms with Crippen LogP contribution in [0.4, 0.5) is 0 Å². The van der Waals surface area contributed by atoms with Crippen LogP contribution in [0, 0.1) is 0 Å². The van der Waals surface area contributed by atoms with Gasteiger partial charge in [0.2, 0.25) is 5.91 Å². The molecule has 0 fully saturated rings. The Hall–Kier alpha value is -2.94. The molecule has 0 atom stereocenters. The number of benzene rings is 2. The molecule has 0 spiro atoms. The van der Waals surface area contributed by atoms with Gasteiger partial charge in [-0.3, -0.25) is 9.78 Å². The van der Waals surface area contributed by atoms with Gasteiger partial charge in [0, 0.05) is 31.9 Å². The molecule has 1 amide bonds. The molecule has 0 aliphatic heterocycles. The largest absolute Gasteiger partial charge is 0.345 e. The fourth-order valence-corrected chi connectivity index (χ4v) is 2.71. The van der Waals surface area contributed by atoms with E-state index in [0.29, 0.717) is 13.0 Å². The summed E-state index contributed by atoms with van der Waals surface area (Å²) in [5, 5.41) is 0. The van der Waals surface area contributed by atoms with E-state index in [0.717, 1.165) is 17.7 Å². The van der Waals surface area contributed by atoms with Crippen LogP contribution in [0.25, 0.3) is 11.1 Å². The van der Waals surface area contributed by atoms with Crippen molar-refractivity contribution in [1.29, 1.82) is 0 Å². The molecular formula is C22H22N2O. The van der Waals surface area contributed by atoms with Gasteiger partial charge in [-0.1, -0.05) is 60.7 Å². The Morgan fingerprint density at radius 1 is 0.880 bits per heavy atom. The normalized spacial score (nSPS) is 10.4. The number of aromatic nitrogens is 1. The van der Waals surface area contributed by atoms with Crippen molar-refractivity contribution in [3.05, 3.63) is 90.3 Å². The maximum atomic E-state index is 12.4. The average molecular weight is 330 g/mol. The minimum Gasteiger partial charge on any atom is -0.345 e. The molecule has 2 aromatic carbocycles. The number of pyridine rings is 1. The van der Waals surface area contributed by atoms with Crippen LogP contribution in [-0.4, -0.2) is 29.4 Å². The van der Waals surface area contributed by atoms with Crippen LogP contribution in [-0.2, 0) is 17.6 Å². The van der Waals surface area contributed by atoms with Gasteiger partial charge >= 0.3 is 0 Å². The number of carbonyl (C=O) groups is 1. The summed E-state index contributed by atoms with van der Waals surface area (Å²) < 4.78 is 0. The van der Waals surface area contributed by atoms with Crippen LogP contribution in [0.1, 0.15) is 11.3 Å². The Morgan fingerprint density at radius 2 is 1.56 bits per heavy atom. The van der Waals surface area contributed by atoms with Crippen molar-refractivity contribution in [2.75, 3.05) is 13.6 Å². The molecule has 25 heavy (non-hydrogen) atoms. The third-order valence-electron chi connectivity index (χ3n) is 4.27. The topological polar surface area (TPSA) is 33.2 Å². The number of hydrogen-bond acceptors (Lipinski definition) is 2. The third kappa shape index (κ3) is 4.77. The van der Waals surface area contributed by atoms with Gasteiger partial charge < -0.3 is 4.90 Å². The van der Waals surface area contributed by atoms with Gasteiger partial charge in [0.05, 0.1) is 6.42 Å². The molecule has 0 unspecified atom stereocenters. The van der Waals surface area contributed by atoms with Crippen molar-refractivity contribution in [3.63, 3.8) is 0 Å². The standard InChI is InChI=1S/C22H22N2O/c1-24(16-14-21-9-5-6-15-23-21)22(25)17-18-10-12-20(13-11-18)19-7-3-2-4-8-19/h2-13,15H,14,16-17H2,1H3. The molecule has 0 N–H and O–H groups in total. The lowest BCUT2D eigenvalue weighted by molar-refractivity contribution is -0.129. The van der Waals surface area contributed by atoms with Crippen LogP contribution in [0.3, 0.4) is 0 Å². The van der Waals surface area contributed by atoms with E-state index in [1.54, 1.807) is 11.1 Å². The van der Waals surface area contributed by atoms with E-state index >= 15 is 0 Å². The number of carbonyl (C=O) groups excluding carboxylic acids is 1. The summed E-state index contributed by atoms with van der Waals surface area (Å²) in [6.45, 7) is 0.679. The molecule has 1 heterocycles. The maximum absolute atomic E-state index is 12.4. The molecule has 0 aliphatic carbocycles. The predicted octanol–water partition coefficient (Wildman–Crippen LogP) is 3.99. The molecule has 0 bridgehead atoms. The van der Waals surface area contributed by atoms with Crippen molar-refractivity contribution in [1.82, 2.24) is 9.88 Å². The van der Waals surface area contributed by atoms with E-state index in [-0.39, 0.29) is 5.91 Å². The van der Waals surface area contributed by atoms with Gasteiger partial charge in [-0.15, -0.1) is 0 Å². The summed E-state index contributed by atoms with van der Waals surface area (Å²) in [5.74, 6) is 0.128. The van der Waals surface area contributed by atoms with Gasteiger partial charge in [0.15, 0.2) is 0 Å². The minimum absolute atomic E-state index is 0.128. The van der Waals surface area contributed by atoms with E-state index in [4.69, 9.17) is 0 Å². The summed E-state index contributed by atoms with van der Waals surface area (Å²) in [7, 11) is 1.85. The first-order chi connectivity index (χ1) is 12.2. The Balaban J connectivity index is 1.55. The first-order valence-electron chi connectivity index (χ1n) is 8.50. The van der Waals surface area contributed by atoms with E-state index in [2.05, 4.69) is 29.2 Å². The number of hydrogen-bond donors (Lipinski definition) is 0. The van der Waals surface area contributed by atoms with Gasteiger partial charge in [0.25, 0.3) is 0 Å². The molecule has 126 valence electrons. The Labute approximate surface area is 149 Å². The molecule has 0 radical (unpaired) electrons. The molecule has 0 aliphatic rings. The molecule has 3 nitrogen and oxygen atoms in total. The van der Waals surface area contributed by atoms with Crippen molar-refractivity contribution < 1.29 is 4.79 Å². The van der Waals surface area contributed by atoms with Gasteiger partial charge in [0.1, 0.15) is 0 Å². The highest BCUT2D eigenvalue weighted by Gasteiger charge is 2.10. The summed E-state index contributed by atoms with van der Waals surface area (Å²) >= 11 is 0. The fourth-order valence-electron chi connectivity index (χ4n) is 2.71. The van der Waals surface area contributed by atoms with E-state index in [9.17, 15) is 4.79 Å². The Bertz CT molecular complexity index is 798. The van der Waals surface area contributed by atoms with Crippen LogP contribution in [0.5, 0.6) is 0 Å². The minimum atomic E-state index is 0.128. The predicted molar refractivity (Wildman–Crippen MR) is 101 cm³/mol. The van der Waals surface area contributed by atoms with Crippen molar-refractivity contribution in [2.45, 2.75) is 12.8 Å². The lowest BCUT2D eigenvalue weighted by Crippen LogP contribution is -2.30. The van der Waals surface area contributed by atoms with Crippen molar-refractivity contribution in [3.8, 4) is 11.1 Å². The summed E-state index contributed by atoms with van der Waals surface area (Å²) in [4.78, 5) is 18.5. The van der Waals surface area contributed by atoms with Crippen molar-refractivity contribution >= 4 is 5.91 Å². The molecule has 0 saturated carbocycles. The summed E-state index contributed by atoms with van der Waals surface area (Å²) in [5.41, 5.74) is 4.40. The molecular weight excluding hydrogens is 308 g/mol. The smallest absolute Gasteiger partial charge is 0.226 e. The van der Waals surface area contributed by atoms with Crippen LogP contribution >= 0.6 is 0 Å². The molecule has 1 aromatic heterocycles. The number of rotatable bonds is 6. The zero-order valence-electron chi connectivity index (χ0n) is 14.4. The summed E-state index contributed by atoms with van der Waals surface area (Å²) in [6.07, 6.45) is 2.98. The highest BCUT2D eigenvalue weighted by Crippen LogP contribution is 2.19. The summed E-state index contributed by atoms with van der Waals surface area (Å²) in [6, 6.07) is 24.3. The van der Waals surface area contributed by atoms with E-state index in [1.165, 1.54) is 11.1 Å². The van der Waals surface area contributed by atoms with Crippen molar-refractivity contribution in [2.24, 2.45) is 0 Å². The van der Waals surface area contributed by atoms with E-state index < -0.39 is 0 Å². The highest BCUT2D eigenvalue weighted by atomic mass is 16.2. The number of nitrogens with zero attached hydrogens (tertiary/aromatic N) is 2. The van der Waals surface area contributed by atoms with Gasteiger partial charge in [-0.2, -0.15) is 0 Å². The first-order valence-corrected chi connectivity index (χ1v) is 8.50. The Morgan fingerprint density at radius 3 is 2.24 bits per heavy atom. The average Bonchev–Trinajstić information content (AvgIpc) is 2.68. The zero-order chi connectivity index (χ0) is 17.5. The zero-order valence-corrected chi connectivity index (χ0v) is 14.4. The highest BCUT2D eigenvalue weighted by molar-refractivity contribution is 5.78. The quantitative estimate of drug-likeness (QED) is 0.684. The fraction of sp³-hybridized carbons (Fsp3) is 0.182. The SMILES string of the molecule is CN(CCc1ccccn1)C(=O)Cc1ccc(-c2ccccc2)cc1. The third-order valence-corrected chi connectivity index (χ3v) is 4.27. The maximum Gasteiger partial charge on any atom is 0.226 e. The lowest BCUT2D eigenvalue weighted by Gasteiger charge is -2.17. The second kappa shape index (κ2) is 8.25. The van der Waals surface area contributed by atoms with Crippen LogP contribution < -0.4 is 0 Å². The first kappa shape index (κ1) is 16.9. The second-order valence-electron chi connectivity index (χ2n) is 6.13. The molecule has 3 rings (SSSR count). The molecule has 0 saturated heterocycles. The Kier molecular flexibility index (Phi) is 5.57. The molecule has 3 heteroatoms. The van der Waals surface area contributed by atoms with E-state index in [1.807, 2.05) is 55.6 Å².